The molecular weight excluding hydrogens is 556 g/mol. The Balaban J connectivity index is 1.36. The van der Waals surface area contributed by atoms with Crippen LogP contribution in [0.2, 0.25) is 5.02 Å². The maximum Gasteiger partial charge on any atom is 0.266 e. The van der Waals surface area contributed by atoms with Gasteiger partial charge in [0, 0.05) is 55.8 Å². The van der Waals surface area contributed by atoms with Gasteiger partial charge in [0.15, 0.2) is 5.65 Å². The number of hydrogen-bond donors (Lipinski definition) is 1. The third kappa shape index (κ3) is 4.26. The van der Waals surface area contributed by atoms with Gasteiger partial charge in [-0.05, 0) is 42.7 Å². The van der Waals surface area contributed by atoms with Crippen LogP contribution in [0, 0.1) is 5.41 Å². The molecule has 2 N–H and O–H groups in total. The average molecular weight is 589 g/mol. The lowest BCUT2D eigenvalue weighted by Crippen LogP contribution is -2.50. The van der Waals surface area contributed by atoms with Gasteiger partial charge in [0.25, 0.3) is 5.56 Å². The Morgan fingerprint density at radius 2 is 1.88 bits per heavy atom. The second-order valence-corrected chi connectivity index (χ2v) is 11.8. The molecule has 0 amide bonds. The molecule has 1 spiro atoms. The van der Waals surface area contributed by atoms with E-state index in [4.69, 9.17) is 36.9 Å². The van der Waals surface area contributed by atoms with Gasteiger partial charge >= 0.3 is 0 Å². The number of methoxy groups -OCH3 is 1. The number of nitrogens with zero attached hydrogens (tertiary/aromatic N) is 7. The van der Waals surface area contributed by atoms with Crippen molar-refractivity contribution in [3.05, 3.63) is 63.5 Å². The molecule has 0 saturated carbocycles. The number of rotatable bonds is 5. The van der Waals surface area contributed by atoms with E-state index in [2.05, 4.69) is 10.00 Å². The van der Waals surface area contributed by atoms with Gasteiger partial charge in [0.2, 0.25) is 5.95 Å². The summed E-state index contributed by atoms with van der Waals surface area (Å²) in [6, 6.07) is 11.7. The van der Waals surface area contributed by atoms with E-state index in [-0.39, 0.29) is 17.0 Å². The van der Waals surface area contributed by atoms with Crippen molar-refractivity contribution in [2.75, 3.05) is 38.3 Å². The number of anilines is 1. The van der Waals surface area contributed by atoms with Gasteiger partial charge in [-0.2, -0.15) is 15.2 Å². The van der Waals surface area contributed by atoms with E-state index in [0.29, 0.717) is 53.0 Å². The second-order valence-electron chi connectivity index (χ2n) is 11.5. The maximum atomic E-state index is 14.1. The molecule has 0 unspecified atom stereocenters. The van der Waals surface area contributed by atoms with Gasteiger partial charge in [0.05, 0.1) is 43.1 Å². The predicted molar refractivity (Wildman–Crippen MR) is 162 cm³/mol. The summed E-state index contributed by atoms with van der Waals surface area (Å²) in [5.41, 5.74) is 9.73. The molecule has 11 nitrogen and oxygen atoms in total. The highest BCUT2D eigenvalue weighted by atomic mass is 35.5. The third-order valence-corrected chi connectivity index (χ3v) is 9.37. The summed E-state index contributed by atoms with van der Waals surface area (Å²) >= 11 is 7.01. The number of halogens is 1. The number of fused-ring (bicyclic) bond motifs is 2. The van der Waals surface area contributed by atoms with Crippen LogP contribution in [-0.4, -0.2) is 68.6 Å². The number of nitrogens with two attached hydrogens (primary N) is 1. The van der Waals surface area contributed by atoms with E-state index < -0.39 is 0 Å². The van der Waals surface area contributed by atoms with Crippen molar-refractivity contribution in [3.8, 4) is 17.0 Å². The van der Waals surface area contributed by atoms with Crippen LogP contribution in [0.25, 0.3) is 33.2 Å². The molecule has 0 aliphatic carbocycles. The molecule has 2 fully saturated rings. The van der Waals surface area contributed by atoms with Crippen LogP contribution in [0.4, 0.5) is 5.95 Å². The monoisotopic (exact) mass is 588 g/mol. The van der Waals surface area contributed by atoms with Crippen LogP contribution < -0.4 is 20.9 Å². The minimum atomic E-state index is -0.172. The van der Waals surface area contributed by atoms with E-state index in [1.165, 1.54) is 0 Å². The van der Waals surface area contributed by atoms with Gasteiger partial charge < -0.3 is 20.1 Å². The van der Waals surface area contributed by atoms with Gasteiger partial charge in [-0.15, -0.1) is 0 Å². The molecule has 2 aromatic carbocycles. The van der Waals surface area contributed by atoms with Gasteiger partial charge in [-0.3, -0.25) is 18.7 Å². The Morgan fingerprint density at radius 1 is 1.12 bits per heavy atom. The zero-order valence-electron chi connectivity index (χ0n) is 23.9. The summed E-state index contributed by atoms with van der Waals surface area (Å²) < 4.78 is 16.2. The summed E-state index contributed by atoms with van der Waals surface area (Å²) in [5.74, 6) is 1.37. The Labute approximate surface area is 247 Å². The smallest absolute Gasteiger partial charge is 0.266 e. The average Bonchev–Trinajstić information content (AvgIpc) is 3.67. The van der Waals surface area contributed by atoms with E-state index in [1.54, 1.807) is 23.4 Å². The lowest BCUT2D eigenvalue weighted by molar-refractivity contribution is 0.131. The number of benzene rings is 2. The van der Waals surface area contributed by atoms with Gasteiger partial charge in [-0.1, -0.05) is 23.7 Å². The van der Waals surface area contributed by atoms with E-state index in [9.17, 15) is 4.79 Å². The molecule has 3 aromatic heterocycles. The van der Waals surface area contributed by atoms with Crippen LogP contribution in [0.1, 0.15) is 18.4 Å². The molecule has 42 heavy (non-hydrogen) atoms. The zero-order valence-corrected chi connectivity index (χ0v) is 24.6. The Bertz CT molecular complexity index is 1870. The summed E-state index contributed by atoms with van der Waals surface area (Å²) in [4.78, 5) is 21.3. The first kappa shape index (κ1) is 26.9. The number of piperidine rings is 1. The van der Waals surface area contributed by atoms with Crippen LogP contribution in [-0.2, 0) is 25.4 Å². The van der Waals surface area contributed by atoms with Crippen molar-refractivity contribution in [1.29, 1.82) is 0 Å². The summed E-state index contributed by atoms with van der Waals surface area (Å²) in [5, 5.41) is 11.1. The molecule has 0 radical (unpaired) electrons. The highest BCUT2D eigenvalue weighted by Gasteiger charge is 2.44. The molecule has 0 bridgehead atoms. The Hall–Kier alpha value is -3.93. The molecule has 2 aliphatic heterocycles. The van der Waals surface area contributed by atoms with Crippen LogP contribution in [0.15, 0.2) is 47.4 Å². The van der Waals surface area contributed by atoms with E-state index in [0.717, 1.165) is 48.1 Å². The topological polar surface area (TPSA) is 118 Å². The first-order valence-electron chi connectivity index (χ1n) is 14.1. The number of ether oxygens (including phenoxy) is 2. The first-order chi connectivity index (χ1) is 20.3. The van der Waals surface area contributed by atoms with Gasteiger partial charge in [0.1, 0.15) is 11.1 Å². The lowest BCUT2D eigenvalue weighted by atomic mass is 9.75. The normalized spacial score (nSPS) is 18.5. The Kier molecular flexibility index (Phi) is 6.48. The van der Waals surface area contributed by atoms with Crippen molar-refractivity contribution in [2.45, 2.75) is 25.4 Å². The molecule has 2 aliphatic rings. The van der Waals surface area contributed by atoms with Crippen molar-refractivity contribution in [2.24, 2.45) is 25.2 Å². The largest absolute Gasteiger partial charge is 0.497 e. The number of aryl methyl sites for hydroxylation is 1. The standard InChI is InChI=1S/C30H33ClN8O3/c1-36-15-21-22(34-36)9-8-20(25(21)31)26-24-27(35-39(26)14-18-4-6-19(41-3)7-5-18)33-29(37(2)28(24)40)38-12-10-30(11-13-38)17-42-16-23(30)32/h4-9,15,23H,10-14,16-17,32H2,1-3H3/t23-/m1/s1. The lowest BCUT2D eigenvalue weighted by Gasteiger charge is -2.41. The molecule has 7 rings (SSSR count). The third-order valence-electron chi connectivity index (χ3n) is 8.96. The predicted octanol–water partition coefficient (Wildman–Crippen LogP) is 3.34. The summed E-state index contributed by atoms with van der Waals surface area (Å²) in [6.45, 7) is 3.19. The fraction of sp³-hybridized carbons (Fsp3) is 0.400. The maximum absolute atomic E-state index is 14.1. The highest BCUT2D eigenvalue weighted by molar-refractivity contribution is 6.38. The molecule has 5 heterocycles. The fourth-order valence-corrected chi connectivity index (χ4v) is 6.73. The van der Waals surface area contributed by atoms with E-state index >= 15 is 0 Å². The first-order valence-corrected chi connectivity index (χ1v) is 14.5. The molecule has 12 heteroatoms. The SMILES string of the molecule is COc1ccc(Cn2nc3nc(N4CCC5(CC4)COC[C@H]5N)n(C)c(=O)c3c2-c2ccc3nn(C)cc3c2Cl)cc1. The number of hydrogen-bond acceptors (Lipinski definition) is 8. The molecule has 218 valence electrons. The Morgan fingerprint density at radius 3 is 2.57 bits per heavy atom. The molecule has 5 aromatic rings. The van der Waals surface area contributed by atoms with Gasteiger partial charge in [-0.25, -0.2) is 0 Å². The quantitative estimate of drug-likeness (QED) is 0.332. The van der Waals surface area contributed by atoms with Crippen molar-refractivity contribution < 1.29 is 9.47 Å². The minimum absolute atomic E-state index is 0.00568. The summed E-state index contributed by atoms with van der Waals surface area (Å²) in [7, 11) is 5.27. The number of aromatic nitrogens is 6. The molecule has 1 atom stereocenters. The van der Waals surface area contributed by atoms with Crippen LogP contribution >= 0.6 is 11.6 Å². The minimum Gasteiger partial charge on any atom is -0.497 e. The highest BCUT2D eigenvalue weighted by Crippen LogP contribution is 2.40. The zero-order chi connectivity index (χ0) is 29.2. The molecule has 2 saturated heterocycles. The fourth-order valence-electron chi connectivity index (χ4n) is 6.43. The van der Waals surface area contributed by atoms with Crippen molar-refractivity contribution >= 4 is 39.5 Å². The summed E-state index contributed by atoms with van der Waals surface area (Å²) in [6.07, 6.45) is 3.66. The van der Waals surface area contributed by atoms with Crippen LogP contribution in [0.3, 0.4) is 0 Å². The van der Waals surface area contributed by atoms with Crippen molar-refractivity contribution in [1.82, 2.24) is 29.1 Å². The molecular formula is C30H33ClN8O3. The second kappa shape index (κ2) is 10.1. The van der Waals surface area contributed by atoms with E-state index in [1.807, 2.05) is 54.3 Å². The van der Waals surface area contributed by atoms with Crippen LogP contribution in [0.5, 0.6) is 5.75 Å². The van der Waals surface area contributed by atoms with Crippen molar-refractivity contribution in [3.63, 3.8) is 0 Å².